The first-order valence-electron chi connectivity index (χ1n) is 5.30. The highest BCUT2D eigenvalue weighted by Crippen LogP contribution is 2.27. The third-order valence-electron chi connectivity index (χ3n) is 2.25. The molecule has 1 rings (SSSR count). The quantitative estimate of drug-likeness (QED) is 0.599. The third-order valence-corrected chi connectivity index (χ3v) is 2.25. The van der Waals surface area contributed by atoms with Crippen molar-refractivity contribution in [2.24, 2.45) is 0 Å². The zero-order valence-corrected chi connectivity index (χ0v) is 9.82. The van der Waals surface area contributed by atoms with Gasteiger partial charge in [0.05, 0.1) is 11.5 Å². The van der Waals surface area contributed by atoms with Gasteiger partial charge in [-0.05, 0) is 19.4 Å². The van der Waals surface area contributed by atoms with Crippen LogP contribution in [-0.4, -0.2) is 23.9 Å². The van der Waals surface area contributed by atoms with Crippen molar-refractivity contribution < 1.29 is 9.72 Å². The van der Waals surface area contributed by atoms with Crippen LogP contribution in [-0.2, 0) is 4.79 Å². The molecule has 0 atom stereocenters. The van der Waals surface area contributed by atoms with Crippen LogP contribution < -0.4 is 10.6 Å². The molecular formula is C11H15N3O3. The molecule has 0 spiro atoms. The Hall–Kier alpha value is -2.11. The number of nitrogens with one attached hydrogen (secondary N) is 2. The Balaban J connectivity index is 2.82. The summed E-state index contributed by atoms with van der Waals surface area (Å²) >= 11 is 0. The summed E-state index contributed by atoms with van der Waals surface area (Å²) in [6, 6.07) is 4.78. The number of aryl methyl sites for hydroxylation is 1. The van der Waals surface area contributed by atoms with Crippen LogP contribution in [0, 0.1) is 17.0 Å². The van der Waals surface area contributed by atoms with Gasteiger partial charge in [0, 0.05) is 12.6 Å². The molecule has 0 aliphatic carbocycles. The van der Waals surface area contributed by atoms with E-state index in [0.29, 0.717) is 12.2 Å². The fraction of sp³-hybridized carbons (Fsp3) is 0.364. The summed E-state index contributed by atoms with van der Waals surface area (Å²) in [6.07, 6.45) is 0. The van der Waals surface area contributed by atoms with E-state index in [-0.39, 0.29) is 18.1 Å². The van der Waals surface area contributed by atoms with E-state index in [1.54, 1.807) is 19.1 Å². The van der Waals surface area contributed by atoms with E-state index in [4.69, 9.17) is 0 Å². The minimum atomic E-state index is -0.465. The first kappa shape index (κ1) is 13.0. The van der Waals surface area contributed by atoms with Crippen LogP contribution in [0.4, 0.5) is 11.4 Å². The summed E-state index contributed by atoms with van der Waals surface area (Å²) in [6.45, 7) is 4.14. The predicted molar refractivity (Wildman–Crippen MR) is 65.0 cm³/mol. The lowest BCUT2D eigenvalue weighted by molar-refractivity contribution is -0.384. The number of amides is 1. The van der Waals surface area contributed by atoms with Crippen molar-refractivity contribution in [3.05, 3.63) is 33.9 Å². The monoisotopic (exact) mass is 237 g/mol. The molecule has 0 heterocycles. The molecule has 2 N–H and O–H groups in total. The van der Waals surface area contributed by atoms with Gasteiger partial charge in [-0.2, -0.15) is 0 Å². The molecular weight excluding hydrogens is 222 g/mol. The molecule has 1 aromatic rings. The van der Waals surface area contributed by atoms with Gasteiger partial charge in [0.2, 0.25) is 5.91 Å². The molecule has 6 heteroatoms. The molecule has 0 saturated heterocycles. The second-order valence-corrected chi connectivity index (χ2v) is 3.53. The molecule has 1 aromatic carbocycles. The standard InChI is InChI=1S/C11H15N3O3/c1-3-12-10(15)7-13-11-8(2)5-4-6-9(11)14(16)17/h4-6,13H,3,7H2,1-2H3,(H,12,15). The molecule has 1 amide bonds. The number of hydrogen-bond acceptors (Lipinski definition) is 4. The Bertz CT molecular complexity index is 432. The Kier molecular flexibility index (Phi) is 4.45. The molecule has 0 saturated carbocycles. The van der Waals surface area contributed by atoms with E-state index in [1.165, 1.54) is 6.07 Å². The van der Waals surface area contributed by atoms with E-state index >= 15 is 0 Å². The normalized spacial score (nSPS) is 9.76. The van der Waals surface area contributed by atoms with Gasteiger partial charge in [-0.25, -0.2) is 0 Å². The summed E-state index contributed by atoms with van der Waals surface area (Å²) in [5.41, 5.74) is 1.11. The lowest BCUT2D eigenvalue weighted by Crippen LogP contribution is -2.29. The number of carbonyl (C=O) groups excluding carboxylic acids is 1. The van der Waals surface area contributed by atoms with E-state index in [2.05, 4.69) is 10.6 Å². The first-order chi connectivity index (χ1) is 8.06. The third kappa shape index (κ3) is 3.44. The van der Waals surface area contributed by atoms with Crippen LogP contribution in [0.3, 0.4) is 0 Å². The number of nitro groups is 1. The van der Waals surface area contributed by atoms with Crippen molar-refractivity contribution in [2.75, 3.05) is 18.4 Å². The summed E-state index contributed by atoms with van der Waals surface area (Å²) < 4.78 is 0. The average molecular weight is 237 g/mol. The van der Waals surface area contributed by atoms with Crippen molar-refractivity contribution >= 4 is 17.3 Å². The summed E-state index contributed by atoms with van der Waals surface area (Å²) in [7, 11) is 0. The Labute approximate surface area is 99.2 Å². The zero-order chi connectivity index (χ0) is 12.8. The predicted octanol–water partition coefficient (Wildman–Crippen LogP) is 1.45. The molecule has 0 fully saturated rings. The fourth-order valence-corrected chi connectivity index (χ4v) is 1.46. The van der Waals surface area contributed by atoms with Gasteiger partial charge < -0.3 is 10.6 Å². The highest BCUT2D eigenvalue weighted by atomic mass is 16.6. The maximum atomic E-state index is 11.3. The van der Waals surface area contributed by atoms with Crippen LogP contribution in [0.15, 0.2) is 18.2 Å². The van der Waals surface area contributed by atoms with E-state index in [9.17, 15) is 14.9 Å². The van der Waals surface area contributed by atoms with Crippen LogP contribution >= 0.6 is 0 Å². The van der Waals surface area contributed by atoms with Gasteiger partial charge in [0.1, 0.15) is 5.69 Å². The topological polar surface area (TPSA) is 84.3 Å². The maximum absolute atomic E-state index is 11.3. The zero-order valence-electron chi connectivity index (χ0n) is 9.82. The van der Waals surface area contributed by atoms with Crippen molar-refractivity contribution in [1.82, 2.24) is 5.32 Å². The lowest BCUT2D eigenvalue weighted by atomic mass is 10.1. The Morgan fingerprint density at radius 3 is 2.76 bits per heavy atom. The SMILES string of the molecule is CCNC(=O)CNc1c(C)cccc1[N+](=O)[O-]. The number of rotatable bonds is 5. The van der Waals surface area contributed by atoms with Crippen molar-refractivity contribution in [3.63, 3.8) is 0 Å². The van der Waals surface area contributed by atoms with Crippen LogP contribution in [0.2, 0.25) is 0 Å². The molecule has 92 valence electrons. The lowest BCUT2D eigenvalue weighted by Gasteiger charge is -2.09. The number of hydrogen-bond donors (Lipinski definition) is 2. The largest absolute Gasteiger partial charge is 0.370 e. The van der Waals surface area contributed by atoms with Gasteiger partial charge in [0.15, 0.2) is 0 Å². The minimum absolute atomic E-state index is 0.0192. The Morgan fingerprint density at radius 1 is 1.47 bits per heavy atom. The van der Waals surface area contributed by atoms with Gasteiger partial charge in [0.25, 0.3) is 5.69 Å². The van der Waals surface area contributed by atoms with Gasteiger partial charge in [-0.3, -0.25) is 14.9 Å². The van der Waals surface area contributed by atoms with E-state index in [0.717, 1.165) is 5.56 Å². The molecule has 0 bridgehead atoms. The summed E-state index contributed by atoms with van der Waals surface area (Å²) in [4.78, 5) is 21.6. The number of nitrogens with zero attached hydrogens (tertiary/aromatic N) is 1. The molecule has 0 aliphatic rings. The Morgan fingerprint density at radius 2 is 2.18 bits per heavy atom. The second kappa shape index (κ2) is 5.83. The molecule has 0 aliphatic heterocycles. The highest BCUT2D eigenvalue weighted by molar-refractivity contribution is 5.82. The van der Waals surface area contributed by atoms with Crippen LogP contribution in [0.25, 0.3) is 0 Å². The fourth-order valence-electron chi connectivity index (χ4n) is 1.46. The van der Waals surface area contributed by atoms with E-state index < -0.39 is 4.92 Å². The van der Waals surface area contributed by atoms with Crippen molar-refractivity contribution in [3.8, 4) is 0 Å². The molecule has 0 aromatic heterocycles. The molecule has 0 unspecified atom stereocenters. The maximum Gasteiger partial charge on any atom is 0.292 e. The molecule has 0 radical (unpaired) electrons. The van der Waals surface area contributed by atoms with Crippen molar-refractivity contribution in [2.45, 2.75) is 13.8 Å². The summed E-state index contributed by atoms with van der Waals surface area (Å²) in [5, 5.41) is 16.2. The minimum Gasteiger partial charge on any atom is -0.370 e. The van der Waals surface area contributed by atoms with Crippen LogP contribution in [0.5, 0.6) is 0 Å². The second-order valence-electron chi connectivity index (χ2n) is 3.53. The number of para-hydroxylation sites is 1. The van der Waals surface area contributed by atoms with Crippen LogP contribution in [0.1, 0.15) is 12.5 Å². The summed E-state index contributed by atoms with van der Waals surface area (Å²) in [5.74, 6) is -0.190. The number of benzene rings is 1. The number of likely N-dealkylation sites (N-methyl/N-ethyl adjacent to an activating group) is 1. The number of nitro benzene ring substituents is 1. The molecule has 6 nitrogen and oxygen atoms in total. The smallest absolute Gasteiger partial charge is 0.292 e. The number of carbonyl (C=O) groups is 1. The van der Waals surface area contributed by atoms with Gasteiger partial charge in [-0.15, -0.1) is 0 Å². The average Bonchev–Trinajstić information content (AvgIpc) is 2.27. The van der Waals surface area contributed by atoms with Gasteiger partial charge >= 0.3 is 0 Å². The first-order valence-corrected chi connectivity index (χ1v) is 5.30. The van der Waals surface area contributed by atoms with Crippen molar-refractivity contribution in [1.29, 1.82) is 0 Å². The van der Waals surface area contributed by atoms with Gasteiger partial charge in [-0.1, -0.05) is 12.1 Å². The highest BCUT2D eigenvalue weighted by Gasteiger charge is 2.15. The van der Waals surface area contributed by atoms with E-state index in [1.807, 2.05) is 6.92 Å². The molecule has 17 heavy (non-hydrogen) atoms. The number of anilines is 1.